The van der Waals surface area contributed by atoms with Gasteiger partial charge in [-0.25, -0.2) is 4.79 Å². The number of methoxy groups -OCH3 is 1. The summed E-state index contributed by atoms with van der Waals surface area (Å²) in [5, 5.41) is 13.2. The van der Waals surface area contributed by atoms with Crippen molar-refractivity contribution in [3.63, 3.8) is 0 Å². The maximum atomic E-state index is 11.9. The molecular formula is C16H22N2O6. The number of esters is 1. The average molecular weight is 338 g/mol. The first-order chi connectivity index (χ1) is 11.3. The molecule has 0 saturated heterocycles. The molecule has 8 heteroatoms. The van der Waals surface area contributed by atoms with Gasteiger partial charge in [-0.05, 0) is 12.5 Å². The number of benzene rings is 1. The van der Waals surface area contributed by atoms with Gasteiger partial charge in [0.15, 0.2) is 0 Å². The molecule has 0 aliphatic rings. The molecule has 0 fully saturated rings. The van der Waals surface area contributed by atoms with Crippen molar-refractivity contribution < 1.29 is 24.0 Å². The summed E-state index contributed by atoms with van der Waals surface area (Å²) in [7, 11) is 1.20. The standard InChI is InChI=1S/C16H22N2O6/c1-11(9-18(21)22)14(15(19)23-3)12(2)17-16(20)24-10-13-7-5-4-6-8-13/h4-8,11-12,14H,9-10H2,1-3H3,(H,17,20). The zero-order chi connectivity index (χ0) is 18.1. The molecule has 1 amide bonds. The van der Waals surface area contributed by atoms with E-state index in [1.807, 2.05) is 30.3 Å². The number of nitro groups is 1. The van der Waals surface area contributed by atoms with Crippen molar-refractivity contribution in [2.24, 2.45) is 11.8 Å². The summed E-state index contributed by atoms with van der Waals surface area (Å²) in [5.41, 5.74) is 0.826. The van der Waals surface area contributed by atoms with Crippen LogP contribution in [-0.4, -0.2) is 36.7 Å². The third kappa shape index (κ3) is 6.23. The zero-order valence-electron chi connectivity index (χ0n) is 13.9. The summed E-state index contributed by atoms with van der Waals surface area (Å²) in [5.74, 6) is -2.05. The first-order valence-corrected chi connectivity index (χ1v) is 7.52. The van der Waals surface area contributed by atoms with Crippen LogP contribution in [-0.2, 0) is 20.9 Å². The van der Waals surface area contributed by atoms with Gasteiger partial charge in [0.1, 0.15) is 6.61 Å². The van der Waals surface area contributed by atoms with E-state index in [0.29, 0.717) is 0 Å². The van der Waals surface area contributed by atoms with Crippen LogP contribution in [0.3, 0.4) is 0 Å². The van der Waals surface area contributed by atoms with Crippen LogP contribution in [0.4, 0.5) is 4.79 Å². The van der Waals surface area contributed by atoms with Gasteiger partial charge in [0, 0.05) is 16.9 Å². The molecule has 0 spiro atoms. The van der Waals surface area contributed by atoms with E-state index < -0.39 is 41.4 Å². The van der Waals surface area contributed by atoms with Crippen molar-refractivity contribution >= 4 is 12.1 Å². The lowest BCUT2D eigenvalue weighted by atomic mass is 9.88. The molecular weight excluding hydrogens is 316 g/mol. The third-order valence-electron chi connectivity index (χ3n) is 3.62. The summed E-state index contributed by atoms with van der Waals surface area (Å²) < 4.78 is 9.78. The summed E-state index contributed by atoms with van der Waals surface area (Å²) in [6, 6.07) is 8.46. The van der Waals surface area contributed by atoms with Crippen LogP contribution in [0, 0.1) is 22.0 Å². The van der Waals surface area contributed by atoms with Gasteiger partial charge in [0.2, 0.25) is 6.54 Å². The Morgan fingerprint density at radius 1 is 1.25 bits per heavy atom. The van der Waals surface area contributed by atoms with E-state index in [1.54, 1.807) is 13.8 Å². The fraction of sp³-hybridized carbons (Fsp3) is 0.500. The lowest BCUT2D eigenvalue weighted by molar-refractivity contribution is -0.489. The van der Waals surface area contributed by atoms with E-state index in [-0.39, 0.29) is 6.61 Å². The summed E-state index contributed by atoms with van der Waals surface area (Å²) in [6.07, 6.45) is -0.700. The van der Waals surface area contributed by atoms with Gasteiger partial charge in [-0.2, -0.15) is 0 Å². The lowest BCUT2D eigenvalue weighted by Gasteiger charge is -2.25. The number of nitrogens with one attached hydrogen (secondary N) is 1. The Kier molecular flexibility index (Phi) is 7.67. The molecule has 0 radical (unpaired) electrons. The van der Waals surface area contributed by atoms with E-state index in [2.05, 4.69) is 5.32 Å². The molecule has 1 rings (SSSR count). The van der Waals surface area contributed by atoms with Gasteiger partial charge in [-0.15, -0.1) is 0 Å². The van der Waals surface area contributed by atoms with E-state index in [0.717, 1.165) is 5.56 Å². The summed E-state index contributed by atoms with van der Waals surface area (Å²) in [6.45, 7) is 2.84. The number of amides is 1. The fourth-order valence-electron chi connectivity index (χ4n) is 2.45. The molecule has 1 aromatic rings. The first kappa shape index (κ1) is 19.4. The van der Waals surface area contributed by atoms with Crippen molar-refractivity contribution in [2.75, 3.05) is 13.7 Å². The maximum Gasteiger partial charge on any atom is 0.407 e. The Labute approximate surface area is 140 Å². The van der Waals surface area contributed by atoms with Crippen LogP contribution in [0.15, 0.2) is 30.3 Å². The molecule has 1 N–H and O–H groups in total. The lowest BCUT2D eigenvalue weighted by Crippen LogP contribution is -2.46. The van der Waals surface area contributed by atoms with Gasteiger partial charge >= 0.3 is 12.1 Å². The number of hydrogen-bond donors (Lipinski definition) is 1. The number of carbonyl (C=O) groups excluding carboxylic acids is 2. The van der Waals surface area contributed by atoms with Crippen molar-refractivity contribution in [1.82, 2.24) is 5.32 Å². The number of alkyl carbamates (subject to hydrolysis) is 1. The molecule has 0 bridgehead atoms. The third-order valence-corrected chi connectivity index (χ3v) is 3.62. The van der Waals surface area contributed by atoms with Crippen LogP contribution < -0.4 is 5.32 Å². The van der Waals surface area contributed by atoms with Gasteiger partial charge in [0.05, 0.1) is 13.0 Å². The second kappa shape index (κ2) is 9.49. The van der Waals surface area contributed by atoms with E-state index in [9.17, 15) is 19.7 Å². The second-order valence-corrected chi connectivity index (χ2v) is 5.54. The topological polar surface area (TPSA) is 108 Å². The minimum atomic E-state index is -0.843. The van der Waals surface area contributed by atoms with Crippen LogP contribution in [0.25, 0.3) is 0 Å². The molecule has 8 nitrogen and oxygen atoms in total. The quantitative estimate of drug-likeness (QED) is 0.441. The molecule has 1 aromatic carbocycles. The van der Waals surface area contributed by atoms with E-state index >= 15 is 0 Å². The van der Waals surface area contributed by atoms with Gasteiger partial charge in [-0.1, -0.05) is 37.3 Å². The highest BCUT2D eigenvalue weighted by Gasteiger charge is 2.35. The number of carbonyl (C=O) groups is 2. The summed E-state index contributed by atoms with van der Waals surface area (Å²) in [4.78, 5) is 33.9. The molecule has 24 heavy (non-hydrogen) atoms. The average Bonchev–Trinajstić information content (AvgIpc) is 2.53. The Bertz CT molecular complexity index is 563. The van der Waals surface area contributed by atoms with Gasteiger partial charge in [0.25, 0.3) is 0 Å². The molecule has 0 saturated carbocycles. The molecule has 0 aliphatic carbocycles. The normalized spacial score (nSPS) is 14.1. The summed E-state index contributed by atoms with van der Waals surface area (Å²) >= 11 is 0. The Hall–Kier alpha value is -2.64. The van der Waals surface area contributed by atoms with Gasteiger partial charge < -0.3 is 14.8 Å². The number of rotatable bonds is 8. The van der Waals surface area contributed by atoms with Crippen molar-refractivity contribution in [2.45, 2.75) is 26.5 Å². The fourth-order valence-corrected chi connectivity index (χ4v) is 2.45. The van der Waals surface area contributed by atoms with Gasteiger partial charge in [-0.3, -0.25) is 14.9 Å². The van der Waals surface area contributed by atoms with E-state index in [1.165, 1.54) is 7.11 Å². The predicted octanol–water partition coefficient (Wildman–Crippen LogP) is 2.00. The van der Waals surface area contributed by atoms with Crippen LogP contribution in [0.5, 0.6) is 0 Å². The van der Waals surface area contributed by atoms with Crippen LogP contribution >= 0.6 is 0 Å². The molecule has 0 heterocycles. The number of hydrogen-bond acceptors (Lipinski definition) is 6. The molecule has 3 unspecified atom stereocenters. The van der Waals surface area contributed by atoms with Crippen LogP contribution in [0.2, 0.25) is 0 Å². The largest absolute Gasteiger partial charge is 0.469 e. The second-order valence-electron chi connectivity index (χ2n) is 5.54. The Balaban J connectivity index is 2.62. The highest BCUT2D eigenvalue weighted by molar-refractivity contribution is 5.75. The van der Waals surface area contributed by atoms with Crippen LogP contribution in [0.1, 0.15) is 19.4 Å². The monoisotopic (exact) mass is 338 g/mol. The molecule has 132 valence electrons. The van der Waals surface area contributed by atoms with E-state index in [4.69, 9.17) is 9.47 Å². The molecule has 0 aliphatic heterocycles. The Morgan fingerprint density at radius 3 is 2.42 bits per heavy atom. The predicted molar refractivity (Wildman–Crippen MR) is 85.8 cm³/mol. The number of ether oxygens (including phenoxy) is 2. The smallest absolute Gasteiger partial charge is 0.407 e. The molecule has 3 atom stereocenters. The SMILES string of the molecule is COC(=O)C(C(C)C[N+](=O)[O-])C(C)NC(=O)OCc1ccccc1. The zero-order valence-corrected chi connectivity index (χ0v) is 13.9. The first-order valence-electron chi connectivity index (χ1n) is 7.52. The molecule has 0 aromatic heterocycles. The van der Waals surface area contributed by atoms with Crippen molar-refractivity contribution in [1.29, 1.82) is 0 Å². The number of nitrogens with zero attached hydrogens (tertiary/aromatic N) is 1. The highest BCUT2D eigenvalue weighted by Crippen LogP contribution is 2.18. The maximum absolute atomic E-state index is 11.9. The van der Waals surface area contributed by atoms with Crippen molar-refractivity contribution in [3.8, 4) is 0 Å². The minimum Gasteiger partial charge on any atom is -0.469 e. The minimum absolute atomic E-state index is 0.0900. The highest BCUT2D eigenvalue weighted by atomic mass is 16.6. The Morgan fingerprint density at radius 2 is 1.88 bits per heavy atom. The van der Waals surface area contributed by atoms with Crippen molar-refractivity contribution in [3.05, 3.63) is 46.0 Å².